The standard InChI is InChI=1S/C21H27N2O7P/c1-14(2)19(23-21(26)29-13-15-7-4-3-5-8-15)31(27,28)30-18(20(24)25)17-10-6-9-16(11-17)12-22/h3-11,14,18-19H,12-13,22H2,1-2H3,(H,23,26)(H,24,25)(H,27,28). The summed E-state index contributed by atoms with van der Waals surface area (Å²) in [6.07, 6.45) is -2.64. The van der Waals surface area contributed by atoms with Crippen LogP contribution in [0, 0.1) is 5.92 Å². The number of aliphatic carboxylic acids is 1. The fourth-order valence-corrected chi connectivity index (χ4v) is 4.53. The van der Waals surface area contributed by atoms with Crippen molar-refractivity contribution in [1.29, 1.82) is 0 Å². The Kier molecular flexibility index (Phi) is 8.76. The molecule has 0 aliphatic heterocycles. The van der Waals surface area contributed by atoms with Crippen LogP contribution in [0.5, 0.6) is 0 Å². The van der Waals surface area contributed by atoms with Crippen LogP contribution in [0.1, 0.15) is 36.6 Å². The number of nitrogens with two attached hydrogens (primary N) is 1. The van der Waals surface area contributed by atoms with Gasteiger partial charge in [0, 0.05) is 6.54 Å². The Balaban J connectivity index is 2.14. The minimum atomic E-state index is -4.63. The third-order valence-electron chi connectivity index (χ3n) is 4.43. The van der Waals surface area contributed by atoms with Gasteiger partial charge in [0.2, 0.25) is 0 Å². The quantitative estimate of drug-likeness (QED) is 0.403. The second kappa shape index (κ2) is 11.1. The lowest BCUT2D eigenvalue weighted by Gasteiger charge is -2.28. The molecule has 10 heteroatoms. The SMILES string of the molecule is CC(C)C(NC(=O)OCc1ccccc1)P(=O)(O)OC(C(=O)O)c1cccc(CN)c1. The van der Waals surface area contributed by atoms with E-state index in [1.165, 1.54) is 12.1 Å². The highest BCUT2D eigenvalue weighted by molar-refractivity contribution is 7.53. The van der Waals surface area contributed by atoms with E-state index in [4.69, 9.17) is 15.0 Å². The van der Waals surface area contributed by atoms with Crippen molar-refractivity contribution in [3.63, 3.8) is 0 Å². The Morgan fingerprint density at radius 1 is 1.10 bits per heavy atom. The molecule has 0 radical (unpaired) electrons. The second-order valence-electron chi connectivity index (χ2n) is 7.23. The van der Waals surface area contributed by atoms with Gasteiger partial charge in [0.15, 0.2) is 6.10 Å². The Labute approximate surface area is 180 Å². The van der Waals surface area contributed by atoms with E-state index in [1.807, 2.05) is 6.07 Å². The lowest BCUT2D eigenvalue weighted by atomic mass is 10.1. The van der Waals surface area contributed by atoms with Gasteiger partial charge in [-0.05, 0) is 22.6 Å². The van der Waals surface area contributed by atoms with Gasteiger partial charge in [-0.15, -0.1) is 0 Å². The first-order valence-electron chi connectivity index (χ1n) is 9.64. The maximum atomic E-state index is 13.0. The van der Waals surface area contributed by atoms with Gasteiger partial charge in [-0.3, -0.25) is 9.09 Å². The molecular formula is C21H27N2O7P. The van der Waals surface area contributed by atoms with Gasteiger partial charge in [-0.2, -0.15) is 0 Å². The van der Waals surface area contributed by atoms with E-state index in [-0.39, 0.29) is 18.7 Å². The number of nitrogens with one attached hydrogen (secondary N) is 1. The van der Waals surface area contributed by atoms with E-state index in [9.17, 15) is 24.2 Å². The third-order valence-corrected chi connectivity index (χ3v) is 6.37. The number of amides is 1. The summed E-state index contributed by atoms with van der Waals surface area (Å²) in [5.41, 5.74) is 7.13. The summed E-state index contributed by atoms with van der Waals surface area (Å²) in [6.45, 7) is 3.33. The van der Waals surface area contributed by atoms with Crippen LogP contribution >= 0.6 is 7.60 Å². The summed E-state index contributed by atoms with van der Waals surface area (Å²) in [6, 6.07) is 15.2. The minimum Gasteiger partial charge on any atom is -0.479 e. The van der Waals surface area contributed by atoms with Gasteiger partial charge in [0.25, 0.3) is 0 Å². The van der Waals surface area contributed by atoms with Gasteiger partial charge in [0.05, 0.1) is 0 Å². The van der Waals surface area contributed by atoms with E-state index in [1.54, 1.807) is 50.2 Å². The molecule has 31 heavy (non-hydrogen) atoms. The van der Waals surface area contributed by atoms with Gasteiger partial charge in [-0.25, -0.2) is 9.59 Å². The maximum absolute atomic E-state index is 13.0. The summed E-state index contributed by atoms with van der Waals surface area (Å²) in [5.74, 6) is -3.38. The van der Waals surface area contributed by atoms with Crippen LogP contribution in [-0.2, 0) is 31.8 Å². The monoisotopic (exact) mass is 450 g/mol. The summed E-state index contributed by atoms with van der Waals surface area (Å²) >= 11 is 0. The minimum absolute atomic E-state index is 0.0301. The zero-order valence-corrected chi connectivity index (χ0v) is 18.2. The van der Waals surface area contributed by atoms with E-state index in [2.05, 4.69) is 5.32 Å². The smallest absolute Gasteiger partial charge is 0.408 e. The average molecular weight is 450 g/mol. The summed E-state index contributed by atoms with van der Waals surface area (Å²) in [4.78, 5) is 34.5. The van der Waals surface area contributed by atoms with E-state index in [0.717, 1.165) is 5.56 Å². The molecule has 2 aromatic rings. The Hall–Kier alpha value is -2.71. The number of alkyl carbamates (subject to hydrolysis) is 1. The van der Waals surface area contributed by atoms with Crippen molar-refractivity contribution in [3.8, 4) is 0 Å². The molecule has 0 bridgehead atoms. The third kappa shape index (κ3) is 7.18. The number of carbonyl (C=O) groups is 2. The molecule has 0 saturated carbocycles. The molecule has 3 atom stereocenters. The highest BCUT2D eigenvalue weighted by Gasteiger charge is 2.41. The predicted molar refractivity (Wildman–Crippen MR) is 114 cm³/mol. The maximum Gasteiger partial charge on any atom is 0.408 e. The molecule has 0 aromatic heterocycles. The number of carboxylic acid groups (broad SMARTS) is 1. The van der Waals surface area contributed by atoms with Crippen molar-refractivity contribution in [2.45, 2.75) is 38.9 Å². The highest BCUT2D eigenvalue weighted by atomic mass is 31.2. The van der Waals surface area contributed by atoms with E-state index >= 15 is 0 Å². The molecule has 9 nitrogen and oxygen atoms in total. The number of hydrogen-bond acceptors (Lipinski definition) is 6. The highest BCUT2D eigenvalue weighted by Crippen LogP contribution is 2.52. The molecule has 0 aliphatic carbocycles. The number of rotatable bonds is 10. The van der Waals surface area contributed by atoms with Crippen LogP contribution in [0.2, 0.25) is 0 Å². The first-order valence-corrected chi connectivity index (χ1v) is 11.3. The molecule has 0 aliphatic rings. The van der Waals surface area contributed by atoms with Crippen LogP contribution in [0.25, 0.3) is 0 Å². The molecule has 5 N–H and O–H groups in total. The van der Waals surface area contributed by atoms with Crippen molar-refractivity contribution >= 4 is 19.7 Å². The fourth-order valence-electron chi connectivity index (χ4n) is 2.86. The van der Waals surface area contributed by atoms with Crippen LogP contribution in [0.15, 0.2) is 54.6 Å². The number of ether oxygens (including phenoxy) is 1. The van der Waals surface area contributed by atoms with Crippen molar-refractivity contribution < 1.29 is 33.4 Å². The van der Waals surface area contributed by atoms with Crippen LogP contribution in [0.3, 0.4) is 0 Å². The predicted octanol–water partition coefficient (Wildman–Crippen LogP) is 3.38. The van der Waals surface area contributed by atoms with Gasteiger partial charge in [-0.1, -0.05) is 68.4 Å². The molecule has 0 saturated heterocycles. The summed E-state index contributed by atoms with van der Waals surface area (Å²) < 4.78 is 23.3. The van der Waals surface area contributed by atoms with E-state index < -0.39 is 37.5 Å². The van der Waals surface area contributed by atoms with Crippen LogP contribution in [-0.4, -0.2) is 27.8 Å². The first kappa shape index (κ1) is 24.6. The summed E-state index contributed by atoms with van der Waals surface area (Å²) in [7, 11) is -4.63. The summed E-state index contributed by atoms with van der Waals surface area (Å²) in [5, 5.41) is 11.9. The lowest BCUT2D eigenvalue weighted by molar-refractivity contribution is -0.145. The van der Waals surface area contributed by atoms with Crippen LogP contribution < -0.4 is 11.1 Å². The zero-order chi connectivity index (χ0) is 23.0. The largest absolute Gasteiger partial charge is 0.479 e. The van der Waals surface area contributed by atoms with Crippen molar-refractivity contribution in [3.05, 3.63) is 71.3 Å². The van der Waals surface area contributed by atoms with Crippen LogP contribution in [0.4, 0.5) is 4.79 Å². The molecule has 168 valence electrons. The molecule has 1 amide bonds. The van der Waals surface area contributed by atoms with Gasteiger partial charge in [0.1, 0.15) is 12.4 Å². The van der Waals surface area contributed by atoms with E-state index in [0.29, 0.717) is 5.56 Å². The second-order valence-corrected chi connectivity index (χ2v) is 9.13. The molecule has 0 heterocycles. The number of benzene rings is 2. The fraction of sp³-hybridized carbons (Fsp3) is 0.333. The first-order chi connectivity index (χ1) is 14.6. The number of carboxylic acids is 1. The average Bonchev–Trinajstić information content (AvgIpc) is 2.74. The number of carbonyl (C=O) groups excluding carboxylic acids is 1. The Morgan fingerprint density at radius 3 is 2.32 bits per heavy atom. The number of hydrogen-bond donors (Lipinski definition) is 4. The topological polar surface area (TPSA) is 148 Å². The van der Waals surface area contributed by atoms with Crippen molar-refractivity contribution in [2.75, 3.05) is 0 Å². The lowest BCUT2D eigenvalue weighted by Crippen LogP contribution is -2.39. The van der Waals surface area contributed by atoms with Crippen molar-refractivity contribution in [2.24, 2.45) is 11.7 Å². The molecule has 3 unspecified atom stereocenters. The molecular weight excluding hydrogens is 423 g/mol. The van der Waals surface area contributed by atoms with Gasteiger partial charge < -0.3 is 25.8 Å². The molecule has 0 fully saturated rings. The zero-order valence-electron chi connectivity index (χ0n) is 17.3. The Bertz CT molecular complexity index is 936. The normalized spacial score (nSPS) is 15.0. The van der Waals surface area contributed by atoms with Crippen molar-refractivity contribution in [1.82, 2.24) is 5.32 Å². The molecule has 0 spiro atoms. The molecule has 2 aromatic carbocycles. The molecule has 2 rings (SSSR count). The van der Waals surface area contributed by atoms with Gasteiger partial charge >= 0.3 is 19.7 Å². The Morgan fingerprint density at radius 2 is 1.74 bits per heavy atom.